The number of hydrogen-bond acceptors (Lipinski definition) is 8. The Balaban J connectivity index is 2.32. The predicted octanol–water partition coefficient (Wildman–Crippen LogP) is 5.49. The molecule has 0 radical (unpaired) electrons. The number of anilines is 1. The highest BCUT2D eigenvalue weighted by Gasteiger charge is 2.25. The van der Waals surface area contributed by atoms with E-state index in [2.05, 4.69) is 15.5 Å². The lowest BCUT2D eigenvalue weighted by Gasteiger charge is -2.15. The van der Waals surface area contributed by atoms with E-state index in [-0.39, 0.29) is 27.2 Å². The van der Waals surface area contributed by atoms with Gasteiger partial charge >= 0.3 is 0 Å². The van der Waals surface area contributed by atoms with Gasteiger partial charge in [0.1, 0.15) is 10.7 Å². The summed E-state index contributed by atoms with van der Waals surface area (Å²) < 4.78 is 21.5. The van der Waals surface area contributed by atoms with Gasteiger partial charge in [0.25, 0.3) is 5.91 Å². The molecule has 0 fully saturated rings. The molecule has 0 saturated heterocycles. The van der Waals surface area contributed by atoms with Crippen LogP contribution in [0.2, 0.25) is 10.0 Å². The van der Waals surface area contributed by atoms with Crippen molar-refractivity contribution in [3.05, 3.63) is 34.3 Å². The molecule has 33 heavy (non-hydrogen) atoms. The average Bonchev–Trinajstić information content (AvgIpc) is 2.77. The van der Waals surface area contributed by atoms with Crippen molar-refractivity contribution in [3.8, 4) is 23.0 Å². The number of azo groups is 1. The van der Waals surface area contributed by atoms with E-state index in [0.717, 1.165) is 0 Å². The van der Waals surface area contributed by atoms with Crippen molar-refractivity contribution in [1.82, 2.24) is 0 Å². The minimum Gasteiger partial charge on any atom is -0.493 e. The minimum absolute atomic E-state index is 0.111. The fourth-order valence-corrected chi connectivity index (χ4v) is 3.23. The molecule has 0 aromatic heterocycles. The van der Waals surface area contributed by atoms with Crippen LogP contribution in [-0.2, 0) is 9.59 Å². The Labute approximate surface area is 202 Å². The molecule has 11 heteroatoms. The number of nitrogens with one attached hydrogen (secondary N) is 1. The second kappa shape index (κ2) is 12.3. The monoisotopic (exact) mass is 497 g/mol. The van der Waals surface area contributed by atoms with Crippen molar-refractivity contribution in [1.29, 1.82) is 0 Å². The number of carbonyl (C=O) groups is 2. The van der Waals surface area contributed by atoms with Crippen molar-refractivity contribution >= 4 is 46.3 Å². The topological polar surface area (TPSA) is 108 Å². The Bertz CT molecular complexity index is 1050. The van der Waals surface area contributed by atoms with Gasteiger partial charge in [-0.25, -0.2) is 0 Å². The summed E-state index contributed by atoms with van der Waals surface area (Å²) in [5.74, 6) is 0.236. The highest BCUT2D eigenvalue weighted by Crippen LogP contribution is 2.40. The zero-order chi connectivity index (χ0) is 24.5. The van der Waals surface area contributed by atoms with E-state index in [4.69, 9.17) is 42.1 Å². The van der Waals surface area contributed by atoms with Crippen LogP contribution >= 0.6 is 23.2 Å². The molecule has 0 bridgehead atoms. The third-order valence-electron chi connectivity index (χ3n) is 4.27. The molecular formula is C22H25Cl2N3O6. The molecule has 0 heterocycles. The summed E-state index contributed by atoms with van der Waals surface area (Å²) in [4.78, 5) is 24.9. The Morgan fingerprint density at radius 2 is 1.64 bits per heavy atom. The number of amides is 1. The van der Waals surface area contributed by atoms with E-state index in [9.17, 15) is 9.59 Å². The van der Waals surface area contributed by atoms with E-state index >= 15 is 0 Å². The molecular weight excluding hydrogens is 473 g/mol. The lowest BCUT2D eigenvalue weighted by Crippen LogP contribution is -2.32. The highest BCUT2D eigenvalue weighted by atomic mass is 35.5. The summed E-state index contributed by atoms with van der Waals surface area (Å²) in [7, 11) is 2.88. The molecule has 2 aromatic carbocycles. The van der Waals surface area contributed by atoms with E-state index in [1.54, 1.807) is 6.07 Å². The molecule has 0 aliphatic heterocycles. The van der Waals surface area contributed by atoms with Gasteiger partial charge in [-0.2, -0.15) is 10.2 Å². The standard InChI is InChI=1S/C22H25Cl2N3O6/c1-6-32-17-10-13(23)15(11-18(17)33-7-2)26-27-20(12(3)28)22(29)25-14-8-9-16(30-4)21(31-5)19(14)24/h8-11,20H,6-7H2,1-5H3,(H,25,29). The molecule has 0 spiro atoms. The van der Waals surface area contributed by atoms with Gasteiger partial charge < -0.3 is 24.3 Å². The van der Waals surface area contributed by atoms with Crippen molar-refractivity contribution in [2.75, 3.05) is 32.8 Å². The van der Waals surface area contributed by atoms with E-state index in [1.807, 2.05) is 13.8 Å². The fourth-order valence-electron chi connectivity index (χ4n) is 2.76. The maximum Gasteiger partial charge on any atom is 0.258 e. The van der Waals surface area contributed by atoms with Gasteiger partial charge in [-0.1, -0.05) is 23.2 Å². The third-order valence-corrected chi connectivity index (χ3v) is 4.95. The maximum absolute atomic E-state index is 12.8. The molecule has 0 aliphatic rings. The first-order valence-corrected chi connectivity index (χ1v) is 10.7. The van der Waals surface area contributed by atoms with Gasteiger partial charge in [0.15, 0.2) is 28.8 Å². The second-order valence-corrected chi connectivity index (χ2v) is 7.28. The second-order valence-electron chi connectivity index (χ2n) is 6.50. The first-order valence-electron chi connectivity index (χ1n) is 9.99. The normalized spacial score (nSPS) is 11.7. The number of Topliss-reactive ketones (excluding diaryl/α,β-unsaturated/α-hetero) is 1. The highest BCUT2D eigenvalue weighted by molar-refractivity contribution is 6.35. The largest absolute Gasteiger partial charge is 0.493 e. The number of ketones is 1. The van der Waals surface area contributed by atoms with Gasteiger partial charge in [-0.05, 0) is 32.9 Å². The quantitative estimate of drug-likeness (QED) is 0.324. The Kier molecular flexibility index (Phi) is 9.74. The number of nitrogens with zero attached hydrogens (tertiary/aromatic N) is 2. The van der Waals surface area contributed by atoms with Gasteiger partial charge in [0, 0.05) is 12.1 Å². The summed E-state index contributed by atoms with van der Waals surface area (Å²) >= 11 is 12.6. The number of carbonyl (C=O) groups excluding carboxylic acids is 2. The first kappa shape index (κ1) is 26.2. The first-order chi connectivity index (χ1) is 15.8. The molecule has 1 atom stereocenters. The summed E-state index contributed by atoms with van der Waals surface area (Å²) in [6.07, 6.45) is 0. The fraction of sp³-hybridized carbons (Fsp3) is 0.364. The smallest absolute Gasteiger partial charge is 0.258 e. The molecule has 0 saturated carbocycles. The third kappa shape index (κ3) is 6.49. The number of hydrogen-bond donors (Lipinski definition) is 1. The van der Waals surface area contributed by atoms with Gasteiger partial charge in [-0.3, -0.25) is 9.59 Å². The molecule has 1 N–H and O–H groups in total. The Morgan fingerprint density at radius 3 is 2.18 bits per heavy atom. The average molecular weight is 498 g/mol. The lowest BCUT2D eigenvalue weighted by molar-refractivity contribution is -0.126. The van der Waals surface area contributed by atoms with Crippen LogP contribution in [0.15, 0.2) is 34.5 Å². The van der Waals surface area contributed by atoms with Crippen molar-refractivity contribution < 1.29 is 28.5 Å². The van der Waals surface area contributed by atoms with E-state index in [1.165, 1.54) is 39.3 Å². The van der Waals surface area contributed by atoms with Crippen LogP contribution in [0.1, 0.15) is 20.8 Å². The van der Waals surface area contributed by atoms with Crippen LogP contribution in [0.4, 0.5) is 11.4 Å². The van der Waals surface area contributed by atoms with Crippen LogP contribution in [0.25, 0.3) is 0 Å². The van der Waals surface area contributed by atoms with Crippen LogP contribution in [0.5, 0.6) is 23.0 Å². The van der Waals surface area contributed by atoms with Crippen LogP contribution in [0.3, 0.4) is 0 Å². The predicted molar refractivity (Wildman–Crippen MR) is 126 cm³/mol. The van der Waals surface area contributed by atoms with Crippen LogP contribution < -0.4 is 24.3 Å². The molecule has 0 aliphatic carbocycles. The molecule has 2 rings (SSSR count). The molecule has 2 aromatic rings. The number of methoxy groups -OCH3 is 2. The summed E-state index contributed by atoms with van der Waals surface area (Å²) in [5.41, 5.74) is 0.435. The Hall–Kier alpha value is -3.04. The molecule has 1 amide bonds. The summed E-state index contributed by atoms with van der Waals surface area (Å²) in [5, 5.41) is 10.8. The minimum atomic E-state index is -1.44. The van der Waals surface area contributed by atoms with Crippen molar-refractivity contribution in [3.63, 3.8) is 0 Å². The maximum atomic E-state index is 12.8. The van der Waals surface area contributed by atoms with Gasteiger partial charge in [-0.15, -0.1) is 0 Å². The molecule has 9 nitrogen and oxygen atoms in total. The SMILES string of the molecule is CCOc1cc(Cl)c(N=NC(C(C)=O)C(=O)Nc2ccc(OC)c(OC)c2Cl)cc1OCC. The molecule has 178 valence electrons. The lowest BCUT2D eigenvalue weighted by atomic mass is 10.2. The zero-order valence-electron chi connectivity index (χ0n) is 18.9. The number of benzene rings is 2. The van der Waals surface area contributed by atoms with E-state index < -0.39 is 17.7 Å². The summed E-state index contributed by atoms with van der Waals surface area (Å²) in [6.45, 7) is 5.69. The number of rotatable bonds is 11. The van der Waals surface area contributed by atoms with Gasteiger partial charge in [0.2, 0.25) is 6.04 Å². The summed E-state index contributed by atoms with van der Waals surface area (Å²) in [6, 6.07) is 4.72. The van der Waals surface area contributed by atoms with Crippen LogP contribution in [-0.4, -0.2) is 45.2 Å². The van der Waals surface area contributed by atoms with E-state index in [0.29, 0.717) is 30.5 Å². The van der Waals surface area contributed by atoms with Crippen molar-refractivity contribution in [2.45, 2.75) is 26.8 Å². The Morgan fingerprint density at radius 1 is 1.00 bits per heavy atom. The number of ether oxygens (including phenoxy) is 4. The zero-order valence-corrected chi connectivity index (χ0v) is 20.4. The molecule has 1 unspecified atom stereocenters. The van der Waals surface area contributed by atoms with Crippen molar-refractivity contribution in [2.24, 2.45) is 10.2 Å². The van der Waals surface area contributed by atoms with Gasteiger partial charge in [0.05, 0.1) is 38.1 Å². The van der Waals surface area contributed by atoms with Crippen LogP contribution in [0, 0.1) is 0 Å². The number of halogens is 2.